The molecule has 14 unspecified atom stereocenters. The fourth-order valence-corrected chi connectivity index (χ4v) is 12.4. The topological polar surface area (TPSA) is 105 Å². The van der Waals surface area contributed by atoms with Crippen LogP contribution in [0.3, 0.4) is 0 Å². The third-order valence-corrected chi connectivity index (χ3v) is 16.7. The van der Waals surface area contributed by atoms with Crippen LogP contribution < -0.4 is 0 Å². The van der Waals surface area contributed by atoms with Gasteiger partial charge >= 0.3 is 5.97 Å². The van der Waals surface area contributed by atoms with Gasteiger partial charge in [-0.15, -0.1) is 0 Å². The number of aliphatic hydroxyl groups is 3. The third kappa shape index (κ3) is 13.3. The van der Waals surface area contributed by atoms with Crippen molar-refractivity contribution in [3.63, 3.8) is 0 Å². The zero-order valence-electron chi connectivity index (χ0n) is 39.5. The van der Waals surface area contributed by atoms with Gasteiger partial charge in [0.05, 0.1) is 6.10 Å². The second-order valence-electron chi connectivity index (χ2n) is 20.9. The fourth-order valence-electron chi connectivity index (χ4n) is 12.4. The zero-order chi connectivity index (χ0) is 44.0. The number of aliphatic hydroxyl groups excluding tert-OH is 3. The Balaban J connectivity index is 1.01. The van der Waals surface area contributed by atoms with Gasteiger partial charge in [0.2, 0.25) is 0 Å². The van der Waals surface area contributed by atoms with Crippen molar-refractivity contribution < 1.29 is 34.3 Å². The van der Waals surface area contributed by atoms with Crippen molar-refractivity contribution in [2.75, 3.05) is 6.61 Å². The van der Waals surface area contributed by atoms with Gasteiger partial charge in [0.25, 0.3) is 0 Å². The number of rotatable bonds is 23. The maximum absolute atomic E-state index is 12.6. The molecule has 0 aromatic rings. The molecule has 0 spiro atoms. The molecule has 0 bridgehead atoms. The predicted molar refractivity (Wildman–Crippen MR) is 249 cm³/mol. The van der Waals surface area contributed by atoms with Crippen LogP contribution in [0.2, 0.25) is 0 Å². The molecule has 14 atom stereocenters. The van der Waals surface area contributed by atoms with Gasteiger partial charge in [0.15, 0.2) is 6.29 Å². The maximum atomic E-state index is 12.6. The minimum absolute atomic E-state index is 0.150. The van der Waals surface area contributed by atoms with Gasteiger partial charge in [-0.3, -0.25) is 4.79 Å². The SMILES string of the molecule is CC/C=C\C/C=C\C/C=C\C/C=C\CCCCCCC(=O)OCC1OC(OC2CCC3(C)C(=CCC4C3CCC3(C)C(C(C)CCC(C)C(C)C)CCC43)C2)C(O)C(O)C1O. The minimum Gasteiger partial charge on any atom is -0.463 e. The first kappa shape index (κ1) is 50.0. The van der Waals surface area contributed by atoms with Gasteiger partial charge in [-0.05, 0) is 149 Å². The molecule has 7 heteroatoms. The van der Waals surface area contributed by atoms with Crippen molar-refractivity contribution in [1.29, 1.82) is 0 Å². The first-order valence-electron chi connectivity index (χ1n) is 25.1. The summed E-state index contributed by atoms with van der Waals surface area (Å²) in [6.07, 6.45) is 34.9. The standard InChI is InChI=1S/C54H88O7/c1-8-9-10-11-12-13-14-15-16-17-18-19-20-21-22-23-24-25-48(55)59-37-47-49(56)50(57)51(58)52(61-47)60-42-32-34-53(6)41(36-42)28-29-43-45-31-30-44(54(45,7)35-33-46(43)53)40(5)27-26-39(4)38(2)3/h9-10,12-13,15-16,18-19,28,38-40,42-47,49-52,56-58H,8,11,14,17,20-27,29-37H2,1-7H3/b10-9-,13-12-,16-15-,19-18-. The van der Waals surface area contributed by atoms with Gasteiger partial charge in [-0.1, -0.05) is 134 Å². The molecule has 346 valence electrons. The molecular formula is C54H88O7. The van der Waals surface area contributed by atoms with Gasteiger partial charge in [0, 0.05) is 6.42 Å². The van der Waals surface area contributed by atoms with Crippen LogP contribution in [-0.4, -0.2) is 64.7 Å². The molecule has 3 saturated carbocycles. The van der Waals surface area contributed by atoms with E-state index in [-0.39, 0.29) is 24.1 Å². The Kier molecular flexibility index (Phi) is 19.9. The molecule has 1 saturated heterocycles. The van der Waals surface area contributed by atoms with E-state index in [9.17, 15) is 20.1 Å². The number of hydrogen-bond acceptors (Lipinski definition) is 7. The maximum Gasteiger partial charge on any atom is 0.305 e. The van der Waals surface area contributed by atoms with Crippen molar-refractivity contribution in [2.24, 2.45) is 52.3 Å². The van der Waals surface area contributed by atoms with Crippen molar-refractivity contribution >= 4 is 5.97 Å². The molecule has 4 aliphatic carbocycles. The Hall–Kier alpha value is -2.03. The minimum atomic E-state index is -1.45. The summed E-state index contributed by atoms with van der Waals surface area (Å²) in [5.41, 5.74) is 2.11. The van der Waals surface area contributed by atoms with E-state index in [0.717, 1.165) is 119 Å². The number of carbonyl (C=O) groups is 1. The zero-order valence-corrected chi connectivity index (χ0v) is 39.5. The van der Waals surface area contributed by atoms with E-state index in [2.05, 4.69) is 103 Å². The molecule has 61 heavy (non-hydrogen) atoms. The Morgan fingerprint density at radius 2 is 1.49 bits per heavy atom. The summed E-state index contributed by atoms with van der Waals surface area (Å²) >= 11 is 0. The van der Waals surface area contributed by atoms with Crippen molar-refractivity contribution in [1.82, 2.24) is 0 Å². The van der Waals surface area contributed by atoms with E-state index in [1.807, 2.05) is 0 Å². The van der Waals surface area contributed by atoms with Gasteiger partial charge < -0.3 is 29.5 Å². The Bertz CT molecular complexity index is 1480. The van der Waals surface area contributed by atoms with E-state index < -0.39 is 30.7 Å². The van der Waals surface area contributed by atoms with Crippen molar-refractivity contribution in [3.05, 3.63) is 60.3 Å². The first-order valence-corrected chi connectivity index (χ1v) is 25.1. The van der Waals surface area contributed by atoms with Crippen LogP contribution in [-0.2, 0) is 19.0 Å². The number of fused-ring (bicyclic) bond motifs is 5. The predicted octanol–water partition coefficient (Wildman–Crippen LogP) is 12.2. The average molecular weight is 849 g/mol. The first-order chi connectivity index (χ1) is 29.3. The summed E-state index contributed by atoms with van der Waals surface area (Å²) in [6, 6.07) is 0. The summed E-state index contributed by atoms with van der Waals surface area (Å²) in [5.74, 6) is 5.10. The highest BCUT2D eigenvalue weighted by molar-refractivity contribution is 5.69. The molecule has 5 rings (SSSR count). The molecule has 0 radical (unpaired) electrons. The van der Waals surface area contributed by atoms with Crippen LogP contribution >= 0.6 is 0 Å². The highest BCUT2D eigenvalue weighted by Gasteiger charge is 2.59. The normalized spacial score (nSPS) is 36.4. The second-order valence-corrected chi connectivity index (χ2v) is 20.9. The monoisotopic (exact) mass is 849 g/mol. The molecule has 4 fully saturated rings. The molecule has 0 aromatic heterocycles. The lowest BCUT2D eigenvalue weighted by molar-refractivity contribution is -0.313. The van der Waals surface area contributed by atoms with Crippen LogP contribution in [0.5, 0.6) is 0 Å². The highest BCUT2D eigenvalue weighted by Crippen LogP contribution is 2.67. The van der Waals surface area contributed by atoms with Crippen LogP contribution in [0.15, 0.2) is 60.3 Å². The summed E-state index contributed by atoms with van der Waals surface area (Å²) in [5, 5.41) is 32.5. The number of carbonyl (C=O) groups excluding carboxylic acids is 1. The second kappa shape index (κ2) is 24.3. The Morgan fingerprint density at radius 1 is 0.803 bits per heavy atom. The van der Waals surface area contributed by atoms with Gasteiger partial charge in [-0.25, -0.2) is 0 Å². The number of allylic oxidation sites excluding steroid dienone is 9. The number of ether oxygens (including phenoxy) is 3. The third-order valence-electron chi connectivity index (χ3n) is 16.7. The molecule has 0 aromatic carbocycles. The van der Waals surface area contributed by atoms with E-state index in [1.165, 1.54) is 44.1 Å². The van der Waals surface area contributed by atoms with Gasteiger partial charge in [0.1, 0.15) is 31.0 Å². The average Bonchev–Trinajstić information content (AvgIpc) is 3.60. The molecule has 5 aliphatic rings. The number of esters is 1. The van der Waals surface area contributed by atoms with Gasteiger partial charge in [-0.2, -0.15) is 0 Å². The summed E-state index contributed by atoms with van der Waals surface area (Å²) in [4.78, 5) is 12.6. The van der Waals surface area contributed by atoms with Crippen molar-refractivity contribution in [3.8, 4) is 0 Å². The van der Waals surface area contributed by atoms with Crippen LogP contribution in [0, 0.1) is 52.3 Å². The van der Waals surface area contributed by atoms with E-state index in [0.29, 0.717) is 17.8 Å². The summed E-state index contributed by atoms with van der Waals surface area (Å²) in [6.45, 7) is 16.9. The molecular weight excluding hydrogens is 761 g/mol. The van der Waals surface area contributed by atoms with E-state index in [4.69, 9.17) is 14.2 Å². The number of unbranched alkanes of at least 4 members (excludes halogenated alkanes) is 4. The van der Waals surface area contributed by atoms with Crippen molar-refractivity contribution in [2.45, 2.75) is 214 Å². The molecule has 3 N–H and O–H groups in total. The van der Waals surface area contributed by atoms with E-state index in [1.54, 1.807) is 0 Å². The largest absolute Gasteiger partial charge is 0.463 e. The highest BCUT2D eigenvalue weighted by atomic mass is 16.7. The molecule has 1 aliphatic heterocycles. The van der Waals surface area contributed by atoms with Crippen LogP contribution in [0.25, 0.3) is 0 Å². The smallest absolute Gasteiger partial charge is 0.305 e. The number of hydrogen-bond donors (Lipinski definition) is 3. The lowest BCUT2D eigenvalue weighted by atomic mass is 9.47. The van der Waals surface area contributed by atoms with E-state index >= 15 is 0 Å². The summed E-state index contributed by atoms with van der Waals surface area (Å²) < 4.78 is 18.0. The lowest BCUT2D eigenvalue weighted by Gasteiger charge is -2.58. The molecule has 1 heterocycles. The molecule has 0 amide bonds. The Morgan fingerprint density at radius 3 is 2.20 bits per heavy atom. The van der Waals surface area contributed by atoms with Crippen LogP contribution in [0.1, 0.15) is 177 Å². The Labute approximate surface area is 371 Å². The fraction of sp³-hybridized carbons (Fsp3) is 0.796. The lowest BCUT2D eigenvalue weighted by Crippen LogP contribution is -2.60. The summed E-state index contributed by atoms with van der Waals surface area (Å²) in [7, 11) is 0. The quantitative estimate of drug-likeness (QED) is 0.0534. The van der Waals surface area contributed by atoms with Crippen LogP contribution in [0.4, 0.5) is 0 Å². The molecule has 7 nitrogen and oxygen atoms in total.